The van der Waals surface area contributed by atoms with E-state index in [0.29, 0.717) is 11.4 Å². The highest BCUT2D eigenvalue weighted by atomic mass is 32.2. The van der Waals surface area contributed by atoms with E-state index in [1.807, 2.05) is 36.6 Å². The van der Waals surface area contributed by atoms with Gasteiger partial charge in [0, 0.05) is 16.3 Å². The van der Waals surface area contributed by atoms with Gasteiger partial charge < -0.3 is 5.73 Å². The molecule has 0 radical (unpaired) electrons. The van der Waals surface area contributed by atoms with Crippen LogP contribution in [0.15, 0.2) is 40.6 Å². The lowest BCUT2D eigenvalue weighted by Crippen LogP contribution is -2.04. The van der Waals surface area contributed by atoms with Crippen LogP contribution in [-0.4, -0.2) is 9.96 Å². The largest absolute Gasteiger partial charge is 0.398 e. The molecule has 0 amide bonds. The summed E-state index contributed by atoms with van der Waals surface area (Å²) in [4.78, 5) is 2.03. The first-order chi connectivity index (χ1) is 8.16. The van der Waals surface area contributed by atoms with Gasteiger partial charge in [-0.25, -0.2) is 0 Å². The van der Waals surface area contributed by atoms with E-state index >= 15 is 0 Å². The SMILES string of the molecule is Cc1ccc(N)c(S(=O)CCc2cccs2)c1. The zero-order chi connectivity index (χ0) is 12.3. The van der Waals surface area contributed by atoms with E-state index in [0.717, 1.165) is 16.9 Å². The van der Waals surface area contributed by atoms with Gasteiger partial charge >= 0.3 is 0 Å². The molecule has 2 nitrogen and oxygen atoms in total. The molecule has 0 aliphatic heterocycles. The molecule has 0 saturated heterocycles. The molecule has 2 N–H and O–H groups in total. The molecule has 1 aromatic heterocycles. The van der Waals surface area contributed by atoms with Crippen LogP contribution in [0.1, 0.15) is 10.4 Å². The van der Waals surface area contributed by atoms with Crippen molar-refractivity contribution in [1.82, 2.24) is 0 Å². The number of hydrogen-bond donors (Lipinski definition) is 1. The van der Waals surface area contributed by atoms with Crippen molar-refractivity contribution in [2.75, 3.05) is 11.5 Å². The van der Waals surface area contributed by atoms with Crippen LogP contribution < -0.4 is 5.73 Å². The minimum atomic E-state index is -1.01. The molecule has 0 bridgehead atoms. The van der Waals surface area contributed by atoms with E-state index in [9.17, 15) is 4.21 Å². The van der Waals surface area contributed by atoms with Crippen molar-refractivity contribution in [2.45, 2.75) is 18.2 Å². The van der Waals surface area contributed by atoms with E-state index in [2.05, 4.69) is 6.07 Å². The summed E-state index contributed by atoms with van der Waals surface area (Å²) in [6.45, 7) is 1.99. The summed E-state index contributed by atoms with van der Waals surface area (Å²) < 4.78 is 12.1. The van der Waals surface area contributed by atoms with Gasteiger partial charge in [-0.3, -0.25) is 4.21 Å². The van der Waals surface area contributed by atoms with E-state index in [-0.39, 0.29) is 0 Å². The van der Waals surface area contributed by atoms with Gasteiger partial charge in [-0.1, -0.05) is 12.1 Å². The summed E-state index contributed by atoms with van der Waals surface area (Å²) in [6.07, 6.45) is 0.845. The Morgan fingerprint density at radius 1 is 1.35 bits per heavy atom. The average Bonchev–Trinajstić information content (AvgIpc) is 2.82. The van der Waals surface area contributed by atoms with Crippen LogP contribution in [-0.2, 0) is 17.2 Å². The lowest BCUT2D eigenvalue weighted by atomic mass is 10.2. The Hall–Kier alpha value is -1.13. The summed E-state index contributed by atoms with van der Waals surface area (Å²) in [6, 6.07) is 9.77. The number of rotatable bonds is 4. The molecule has 1 heterocycles. The highest BCUT2D eigenvalue weighted by molar-refractivity contribution is 7.85. The number of nitrogens with two attached hydrogens (primary N) is 1. The van der Waals surface area contributed by atoms with Gasteiger partial charge in [0.05, 0.1) is 15.7 Å². The first kappa shape index (κ1) is 12.3. The molecule has 4 heteroatoms. The van der Waals surface area contributed by atoms with Crippen molar-refractivity contribution in [3.05, 3.63) is 46.2 Å². The van der Waals surface area contributed by atoms with Gasteiger partial charge in [0.15, 0.2) is 0 Å². The molecule has 0 aliphatic rings. The summed E-state index contributed by atoms with van der Waals surface area (Å²) in [5.74, 6) is 0.633. The van der Waals surface area contributed by atoms with Crippen LogP contribution in [0.25, 0.3) is 0 Å². The lowest BCUT2D eigenvalue weighted by Gasteiger charge is -2.06. The van der Waals surface area contributed by atoms with E-state index in [1.54, 1.807) is 11.3 Å². The van der Waals surface area contributed by atoms with Crippen molar-refractivity contribution >= 4 is 27.8 Å². The molecule has 0 spiro atoms. The number of aryl methyl sites for hydroxylation is 2. The van der Waals surface area contributed by atoms with Gasteiger partial charge in [-0.15, -0.1) is 11.3 Å². The summed E-state index contributed by atoms with van der Waals surface area (Å²) >= 11 is 1.70. The molecule has 2 rings (SSSR count). The van der Waals surface area contributed by atoms with Crippen LogP contribution in [0.2, 0.25) is 0 Å². The minimum absolute atomic E-state index is 0.625. The molecule has 1 aromatic carbocycles. The maximum atomic E-state index is 12.1. The van der Waals surface area contributed by atoms with E-state index in [4.69, 9.17) is 5.73 Å². The quantitative estimate of drug-likeness (QED) is 0.864. The molecular weight excluding hydrogens is 250 g/mol. The number of nitrogen functional groups attached to an aromatic ring is 1. The molecule has 0 fully saturated rings. The topological polar surface area (TPSA) is 43.1 Å². The Bertz CT molecular complexity index is 520. The van der Waals surface area contributed by atoms with Crippen LogP contribution in [0.4, 0.5) is 5.69 Å². The molecule has 2 aromatic rings. The fourth-order valence-corrected chi connectivity index (χ4v) is 3.71. The van der Waals surface area contributed by atoms with Gasteiger partial charge in [-0.05, 0) is 42.5 Å². The van der Waals surface area contributed by atoms with Crippen LogP contribution in [0, 0.1) is 6.92 Å². The van der Waals surface area contributed by atoms with Crippen LogP contribution in [0.5, 0.6) is 0 Å². The van der Waals surface area contributed by atoms with Gasteiger partial charge in [0.2, 0.25) is 0 Å². The second kappa shape index (κ2) is 5.47. The fourth-order valence-electron chi connectivity index (χ4n) is 1.60. The van der Waals surface area contributed by atoms with Crippen molar-refractivity contribution < 1.29 is 4.21 Å². The monoisotopic (exact) mass is 265 g/mol. The van der Waals surface area contributed by atoms with Crippen LogP contribution in [0.3, 0.4) is 0 Å². The molecular formula is C13H15NOS2. The molecule has 90 valence electrons. The Kier molecular flexibility index (Phi) is 3.97. The van der Waals surface area contributed by atoms with Crippen molar-refractivity contribution in [3.63, 3.8) is 0 Å². The number of benzene rings is 1. The third-order valence-electron chi connectivity index (χ3n) is 2.53. The van der Waals surface area contributed by atoms with Crippen molar-refractivity contribution in [3.8, 4) is 0 Å². The highest BCUT2D eigenvalue weighted by Crippen LogP contribution is 2.19. The first-order valence-electron chi connectivity index (χ1n) is 5.43. The summed E-state index contributed by atoms with van der Waals surface area (Å²) in [5.41, 5.74) is 7.57. The standard InChI is InChI=1S/C13H15NOS2/c1-10-4-5-12(14)13(9-10)17(15)8-6-11-3-2-7-16-11/h2-5,7,9H,6,8,14H2,1H3. The number of hydrogen-bond acceptors (Lipinski definition) is 3. The Morgan fingerprint density at radius 2 is 2.18 bits per heavy atom. The van der Waals surface area contributed by atoms with Crippen molar-refractivity contribution in [1.29, 1.82) is 0 Å². The summed E-state index contributed by atoms with van der Waals surface area (Å²) in [5, 5.41) is 2.04. The predicted octanol–water partition coefficient (Wildman–Crippen LogP) is 2.99. The lowest BCUT2D eigenvalue weighted by molar-refractivity contribution is 0.682. The second-order valence-corrected chi connectivity index (χ2v) is 6.49. The molecule has 0 saturated carbocycles. The molecule has 1 unspecified atom stereocenters. The van der Waals surface area contributed by atoms with Gasteiger partial charge in [0.25, 0.3) is 0 Å². The third kappa shape index (κ3) is 3.17. The number of thiophene rings is 1. The predicted molar refractivity (Wildman–Crippen MR) is 74.9 cm³/mol. The minimum Gasteiger partial charge on any atom is -0.398 e. The average molecular weight is 265 g/mol. The number of anilines is 1. The Labute approximate surface area is 108 Å². The maximum Gasteiger partial charge on any atom is 0.0620 e. The zero-order valence-electron chi connectivity index (χ0n) is 9.68. The highest BCUT2D eigenvalue weighted by Gasteiger charge is 2.08. The third-order valence-corrected chi connectivity index (χ3v) is 4.88. The smallest absolute Gasteiger partial charge is 0.0620 e. The Balaban J connectivity index is 2.07. The van der Waals surface area contributed by atoms with Crippen molar-refractivity contribution in [2.24, 2.45) is 0 Å². The van der Waals surface area contributed by atoms with Gasteiger partial charge in [-0.2, -0.15) is 0 Å². The molecule has 1 atom stereocenters. The maximum absolute atomic E-state index is 12.1. The second-order valence-electron chi connectivity index (χ2n) is 3.92. The van der Waals surface area contributed by atoms with E-state index in [1.165, 1.54) is 4.88 Å². The normalized spacial score (nSPS) is 12.5. The molecule has 17 heavy (non-hydrogen) atoms. The first-order valence-corrected chi connectivity index (χ1v) is 7.63. The Morgan fingerprint density at radius 3 is 2.88 bits per heavy atom. The van der Waals surface area contributed by atoms with E-state index < -0.39 is 10.8 Å². The summed E-state index contributed by atoms with van der Waals surface area (Å²) in [7, 11) is -1.01. The fraction of sp³-hybridized carbons (Fsp3) is 0.231. The molecule has 0 aliphatic carbocycles. The van der Waals surface area contributed by atoms with Gasteiger partial charge in [0.1, 0.15) is 0 Å². The van der Waals surface area contributed by atoms with Crippen LogP contribution >= 0.6 is 11.3 Å². The zero-order valence-corrected chi connectivity index (χ0v) is 11.3.